The quantitative estimate of drug-likeness (QED) is 0.671. The fourth-order valence-electron chi connectivity index (χ4n) is 1.09. The predicted molar refractivity (Wildman–Crippen MR) is 48.9 cm³/mol. The Morgan fingerprint density at radius 2 is 2.17 bits per heavy atom. The van der Waals surface area contributed by atoms with Crippen LogP contribution in [0.5, 0.6) is 0 Å². The summed E-state index contributed by atoms with van der Waals surface area (Å²) in [4.78, 5) is 10.9. The average Bonchev–Trinajstić information content (AvgIpc) is 2.05. The summed E-state index contributed by atoms with van der Waals surface area (Å²) in [5.41, 5.74) is 6.68. The molecule has 0 spiro atoms. The third-order valence-corrected chi connectivity index (χ3v) is 1.65. The van der Waals surface area contributed by atoms with E-state index in [4.69, 9.17) is 5.73 Å². The lowest BCUT2D eigenvalue weighted by Gasteiger charge is -2.01. The molecule has 0 heterocycles. The SMILES string of the molecule is C=CCc1ccccc1C(N)=O. The number of amides is 1. The molecule has 12 heavy (non-hydrogen) atoms. The minimum Gasteiger partial charge on any atom is -0.366 e. The second-order valence-corrected chi connectivity index (χ2v) is 2.51. The van der Waals surface area contributed by atoms with Crippen LogP contribution in [-0.4, -0.2) is 5.91 Å². The van der Waals surface area contributed by atoms with Crippen LogP contribution in [0.25, 0.3) is 0 Å². The van der Waals surface area contributed by atoms with E-state index >= 15 is 0 Å². The molecule has 0 aliphatic rings. The number of nitrogens with two attached hydrogens (primary N) is 1. The zero-order valence-electron chi connectivity index (χ0n) is 6.79. The first kappa shape index (κ1) is 8.53. The molecule has 0 aliphatic heterocycles. The van der Waals surface area contributed by atoms with Crippen LogP contribution in [0.3, 0.4) is 0 Å². The fraction of sp³-hybridized carbons (Fsp3) is 0.100. The summed E-state index contributed by atoms with van der Waals surface area (Å²) in [5.74, 6) is -0.382. The number of rotatable bonds is 3. The van der Waals surface area contributed by atoms with Gasteiger partial charge in [-0.15, -0.1) is 6.58 Å². The van der Waals surface area contributed by atoms with Crippen LogP contribution in [-0.2, 0) is 6.42 Å². The topological polar surface area (TPSA) is 43.1 Å². The van der Waals surface area contributed by atoms with E-state index in [0.29, 0.717) is 12.0 Å². The zero-order chi connectivity index (χ0) is 8.97. The van der Waals surface area contributed by atoms with Crippen molar-refractivity contribution in [3.63, 3.8) is 0 Å². The molecule has 2 heteroatoms. The normalized spacial score (nSPS) is 9.33. The van der Waals surface area contributed by atoms with Gasteiger partial charge in [0.05, 0.1) is 0 Å². The molecule has 0 radical (unpaired) electrons. The zero-order valence-corrected chi connectivity index (χ0v) is 6.79. The van der Waals surface area contributed by atoms with Crippen molar-refractivity contribution in [1.29, 1.82) is 0 Å². The van der Waals surface area contributed by atoms with Gasteiger partial charge in [-0.2, -0.15) is 0 Å². The van der Waals surface area contributed by atoms with E-state index in [2.05, 4.69) is 6.58 Å². The number of primary amides is 1. The average molecular weight is 161 g/mol. The molecule has 0 atom stereocenters. The Morgan fingerprint density at radius 1 is 1.50 bits per heavy atom. The van der Waals surface area contributed by atoms with Crippen molar-refractivity contribution < 1.29 is 4.79 Å². The van der Waals surface area contributed by atoms with Crippen LogP contribution in [0, 0.1) is 0 Å². The molecule has 1 amide bonds. The number of carbonyl (C=O) groups is 1. The Balaban J connectivity index is 3.07. The molecular formula is C10H11NO. The van der Waals surface area contributed by atoms with Crippen molar-refractivity contribution in [2.75, 3.05) is 0 Å². The van der Waals surface area contributed by atoms with Gasteiger partial charge in [0.15, 0.2) is 0 Å². The first-order chi connectivity index (χ1) is 5.75. The summed E-state index contributed by atoms with van der Waals surface area (Å²) in [5, 5.41) is 0. The van der Waals surface area contributed by atoms with Crippen molar-refractivity contribution >= 4 is 5.91 Å². The highest BCUT2D eigenvalue weighted by atomic mass is 16.1. The maximum absolute atomic E-state index is 10.9. The van der Waals surface area contributed by atoms with E-state index in [-0.39, 0.29) is 5.91 Å². The Kier molecular flexibility index (Phi) is 2.64. The summed E-state index contributed by atoms with van der Waals surface area (Å²) < 4.78 is 0. The summed E-state index contributed by atoms with van der Waals surface area (Å²) >= 11 is 0. The van der Waals surface area contributed by atoms with Gasteiger partial charge in [0.2, 0.25) is 5.91 Å². The highest BCUT2D eigenvalue weighted by Crippen LogP contribution is 2.08. The molecule has 1 aromatic rings. The Morgan fingerprint density at radius 3 is 2.75 bits per heavy atom. The predicted octanol–water partition coefficient (Wildman–Crippen LogP) is 1.51. The van der Waals surface area contributed by atoms with Crippen LogP contribution >= 0.6 is 0 Å². The first-order valence-corrected chi connectivity index (χ1v) is 3.74. The second kappa shape index (κ2) is 3.72. The van der Waals surface area contributed by atoms with Crippen LogP contribution in [0.2, 0.25) is 0 Å². The first-order valence-electron chi connectivity index (χ1n) is 3.74. The molecule has 0 aliphatic carbocycles. The van der Waals surface area contributed by atoms with Gasteiger partial charge in [-0.3, -0.25) is 4.79 Å². The van der Waals surface area contributed by atoms with Crippen molar-refractivity contribution in [1.82, 2.24) is 0 Å². The van der Waals surface area contributed by atoms with Crippen LogP contribution in [0.4, 0.5) is 0 Å². The smallest absolute Gasteiger partial charge is 0.248 e. The highest BCUT2D eigenvalue weighted by Gasteiger charge is 2.04. The highest BCUT2D eigenvalue weighted by molar-refractivity contribution is 5.94. The lowest BCUT2D eigenvalue weighted by Crippen LogP contribution is -2.13. The Bertz CT molecular complexity index is 304. The van der Waals surface area contributed by atoms with E-state index in [1.807, 2.05) is 12.1 Å². The monoisotopic (exact) mass is 161 g/mol. The van der Waals surface area contributed by atoms with Crippen LogP contribution < -0.4 is 5.73 Å². The molecule has 2 N–H and O–H groups in total. The lowest BCUT2D eigenvalue weighted by atomic mass is 10.0. The summed E-state index contributed by atoms with van der Waals surface area (Å²) in [6, 6.07) is 7.28. The Labute approximate surface area is 71.7 Å². The number of hydrogen-bond donors (Lipinski definition) is 1. The molecule has 0 aromatic heterocycles. The van der Waals surface area contributed by atoms with Gasteiger partial charge in [-0.1, -0.05) is 24.3 Å². The minimum atomic E-state index is -0.382. The molecule has 0 fully saturated rings. The lowest BCUT2D eigenvalue weighted by molar-refractivity contribution is 0.0999. The van der Waals surface area contributed by atoms with Gasteiger partial charge in [0.25, 0.3) is 0 Å². The number of benzene rings is 1. The number of allylic oxidation sites excluding steroid dienone is 1. The van der Waals surface area contributed by atoms with Gasteiger partial charge in [0, 0.05) is 5.56 Å². The van der Waals surface area contributed by atoms with Crippen LogP contribution in [0.15, 0.2) is 36.9 Å². The number of carbonyl (C=O) groups excluding carboxylic acids is 1. The second-order valence-electron chi connectivity index (χ2n) is 2.51. The van der Waals surface area contributed by atoms with E-state index < -0.39 is 0 Å². The van der Waals surface area contributed by atoms with E-state index in [0.717, 1.165) is 5.56 Å². The minimum absolute atomic E-state index is 0.382. The van der Waals surface area contributed by atoms with Crippen LogP contribution in [0.1, 0.15) is 15.9 Å². The molecule has 1 aromatic carbocycles. The molecule has 0 saturated carbocycles. The van der Waals surface area contributed by atoms with Gasteiger partial charge < -0.3 is 5.73 Å². The number of hydrogen-bond acceptors (Lipinski definition) is 1. The van der Waals surface area contributed by atoms with Gasteiger partial charge in [-0.25, -0.2) is 0 Å². The summed E-state index contributed by atoms with van der Waals surface area (Å²) in [7, 11) is 0. The molecule has 0 bridgehead atoms. The van der Waals surface area contributed by atoms with Crippen molar-refractivity contribution in [3.8, 4) is 0 Å². The summed E-state index contributed by atoms with van der Waals surface area (Å²) in [6.07, 6.45) is 2.43. The maximum Gasteiger partial charge on any atom is 0.248 e. The Hall–Kier alpha value is -1.57. The van der Waals surface area contributed by atoms with E-state index in [1.165, 1.54) is 0 Å². The summed E-state index contributed by atoms with van der Waals surface area (Å²) in [6.45, 7) is 3.60. The fourth-order valence-corrected chi connectivity index (χ4v) is 1.09. The molecular weight excluding hydrogens is 150 g/mol. The van der Waals surface area contributed by atoms with Gasteiger partial charge >= 0.3 is 0 Å². The third kappa shape index (κ3) is 1.72. The van der Waals surface area contributed by atoms with Crippen molar-refractivity contribution in [2.45, 2.75) is 6.42 Å². The molecule has 62 valence electrons. The molecule has 2 nitrogen and oxygen atoms in total. The van der Waals surface area contributed by atoms with Gasteiger partial charge in [0.1, 0.15) is 0 Å². The standard InChI is InChI=1S/C10H11NO/c1-2-5-8-6-3-4-7-9(8)10(11)12/h2-4,6-7H,1,5H2,(H2,11,12). The van der Waals surface area contributed by atoms with Gasteiger partial charge in [-0.05, 0) is 18.1 Å². The van der Waals surface area contributed by atoms with Crippen molar-refractivity contribution in [2.24, 2.45) is 5.73 Å². The van der Waals surface area contributed by atoms with Crippen molar-refractivity contribution in [3.05, 3.63) is 48.0 Å². The molecule has 1 rings (SSSR count). The van der Waals surface area contributed by atoms with E-state index in [9.17, 15) is 4.79 Å². The third-order valence-electron chi connectivity index (χ3n) is 1.65. The molecule has 0 saturated heterocycles. The molecule has 0 unspecified atom stereocenters. The maximum atomic E-state index is 10.9. The van der Waals surface area contributed by atoms with E-state index in [1.54, 1.807) is 18.2 Å². The largest absolute Gasteiger partial charge is 0.366 e.